The van der Waals surface area contributed by atoms with Crippen LogP contribution in [0.25, 0.3) is 5.52 Å². The first-order chi connectivity index (χ1) is 27.4. The number of nitrogen functional groups attached to an aromatic ring is 1. The number of nitrogens with zero attached hydrogens (tertiary/aromatic N) is 5. The number of hydrogen-bond donors (Lipinski definition) is 2. The van der Waals surface area contributed by atoms with Crippen LogP contribution in [0.5, 0.6) is 0 Å². The summed E-state index contributed by atoms with van der Waals surface area (Å²) in [5.74, 6) is -1.31. The van der Waals surface area contributed by atoms with Crippen molar-refractivity contribution >= 4 is 25.9 Å². The van der Waals surface area contributed by atoms with Crippen LogP contribution >= 0.6 is 7.82 Å². The number of aliphatic imine (C=N–C) groups is 1. The normalized spacial score (nSPS) is 23.0. The molecule has 0 saturated carbocycles. The summed E-state index contributed by atoms with van der Waals surface area (Å²) in [4.78, 5) is 19.2. The third kappa shape index (κ3) is 12.6. The van der Waals surface area contributed by atoms with Crippen molar-refractivity contribution in [3.05, 3.63) is 59.3 Å². The molecule has 0 bridgehead atoms. The Hall–Kier alpha value is -3.32. The quantitative estimate of drug-likeness (QED) is 0.0446. The van der Waals surface area contributed by atoms with Gasteiger partial charge in [0.05, 0.1) is 36.6 Å². The average molecular weight is 815 g/mol. The minimum absolute atomic E-state index is 0.0183. The second-order valence-corrected chi connectivity index (χ2v) is 17.0. The van der Waals surface area contributed by atoms with Gasteiger partial charge < -0.3 is 29.6 Å². The van der Waals surface area contributed by atoms with Crippen molar-refractivity contribution in [1.29, 1.82) is 5.26 Å². The van der Waals surface area contributed by atoms with Gasteiger partial charge >= 0.3 is 7.82 Å². The molecule has 1 aromatic carbocycles. The van der Waals surface area contributed by atoms with Crippen LogP contribution in [-0.2, 0) is 39.2 Å². The molecule has 0 spiro atoms. The fourth-order valence-electron chi connectivity index (χ4n) is 7.60. The van der Waals surface area contributed by atoms with Crippen molar-refractivity contribution in [2.75, 3.05) is 18.9 Å². The molecule has 3 N–H and O–H groups in total. The van der Waals surface area contributed by atoms with E-state index in [4.69, 9.17) is 33.7 Å². The lowest BCUT2D eigenvalue weighted by atomic mass is 10.0. The topological polar surface area (TPSA) is 185 Å². The maximum Gasteiger partial charge on any atom is 0.472 e. The fourth-order valence-corrected chi connectivity index (χ4v) is 8.38. The van der Waals surface area contributed by atoms with Gasteiger partial charge in [0, 0.05) is 0 Å². The van der Waals surface area contributed by atoms with Gasteiger partial charge in [-0.1, -0.05) is 96.8 Å². The zero-order valence-electron chi connectivity index (χ0n) is 33.7. The maximum absolute atomic E-state index is 14.2. The van der Waals surface area contributed by atoms with Gasteiger partial charge in [-0.25, -0.2) is 18.5 Å². The van der Waals surface area contributed by atoms with E-state index in [-0.39, 0.29) is 24.6 Å². The molecule has 0 radical (unpaired) electrons. The lowest BCUT2D eigenvalue weighted by Gasteiger charge is -2.31. The number of phosphoric ester groups is 1. The summed E-state index contributed by atoms with van der Waals surface area (Å²) in [5.41, 5.74) is 6.19. The first-order valence-corrected chi connectivity index (χ1v) is 21.9. The van der Waals surface area contributed by atoms with Crippen LogP contribution in [0.4, 0.5) is 10.2 Å². The van der Waals surface area contributed by atoms with Gasteiger partial charge in [-0.15, -0.1) is 0 Å². The molecule has 5 rings (SSSR count). The minimum atomic E-state index is -4.73. The lowest BCUT2D eigenvalue weighted by Crippen LogP contribution is -2.45. The van der Waals surface area contributed by atoms with Crippen LogP contribution in [0.15, 0.2) is 41.7 Å². The predicted octanol–water partition coefficient (Wildman–Crippen LogP) is 8.90. The van der Waals surface area contributed by atoms with E-state index in [1.54, 1.807) is 36.6 Å². The van der Waals surface area contributed by atoms with E-state index < -0.39 is 56.2 Å². The number of benzene rings is 1. The van der Waals surface area contributed by atoms with Crippen molar-refractivity contribution in [1.82, 2.24) is 14.6 Å². The molecular formula is C41H60FN6O8P. The highest BCUT2D eigenvalue weighted by Crippen LogP contribution is 2.53. The standard InChI is InChI=1S/C41H60FN6O8P/c1-5-6-7-8-9-10-11-12-13-14-15-16-17-18-19-33(51-26-31-22-30(25-43)23-32(42)24-31)27-52-57(49,50)53-28-41(45-4)38-37(54-40(2,3)56-38)36(55-41)34-20-21-35-39(44)46-29-47-48(34)35/h20-24,29,33,36-38H,4-19,26-28H2,1-3H3,(H,49,50)(H2,44,46,47)/t33-,36-,37-,38-,41+/m0/s1. The number of phosphoric acid groups is 1. The maximum atomic E-state index is 14.2. The molecule has 3 aromatic rings. The SMILES string of the molecule is C=N[C@]1(COP(=O)(O)OC[C@H](CCCCCCCCCCCCCCCC)OCc2cc(F)cc(C#N)c2)O[C@@H](c2ccc3c(N)ncnn23)[C@@H]2OC(C)(C)O[C@@H]21. The average Bonchev–Trinajstić information content (AvgIpc) is 3.85. The number of halogens is 1. The van der Waals surface area contributed by atoms with Gasteiger partial charge in [0.25, 0.3) is 0 Å². The highest BCUT2D eigenvalue weighted by atomic mass is 31.2. The van der Waals surface area contributed by atoms with Crippen LogP contribution in [0.3, 0.4) is 0 Å². The van der Waals surface area contributed by atoms with E-state index in [1.807, 2.05) is 6.07 Å². The molecule has 1 unspecified atom stereocenters. The van der Waals surface area contributed by atoms with Gasteiger partial charge in [0.2, 0.25) is 5.72 Å². The monoisotopic (exact) mass is 814 g/mol. The van der Waals surface area contributed by atoms with E-state index in [0.29, 0.717) is 23.2 Å². The lowest BCUT2D eigenvalue weighted by molar-refractivity contribution is -0.214. The van der Waals surface area contributed by atoms with Crippen molar-refractivity contribution in [2.45, 2.75) is 160 Å². The van der Waals surface area contributed by atoms with E-state index in [9.17, 15) is 19.1 Å². The van der Waals surface area contributed by atoms with Crippen molar-refractivity contribution in [3.63, 3.8) is 0 Å². The number of nitrogens with two attached hydrogens (primary N) is 1. The molecule has 2 saturated heterocycles. The van der Waals surface area contributed by atoms with Crippen LogP contribution in [0, 0.1) is 17.1 Å². The summed E-state index contributed by atoms with van der Waals surface area (Å²) in [6.07, 6.45) is 15.9. The van der Waals surface area contributed by atoms with E-state index in [0.717, 1.165) is 31.7 Å². The third-order valence-electron chi connectivity index (χ3n) is 10.6. The summed E-state index contributed by atoms with van der Waals surface area (Å²) >= 11 is 0. The summed E-state index contributed by atoms with van der Waals surface area (Å²) in [5, 5.41) is 13.6. The number of rotatable bonds is 26. The largest absolute Gasteiger partial charge is 0.472 e. The Kier molecular flexibility index (Phi) is 16.6. The fraction of sp³-hybridized carbons (Fsp3) is 0.659. The number of fused-ring (bicyclic) bond motifs is 2. The molecule has 2 aliphatic rings. The first kappa shape index (κ1) is 44.8. The number of hydrogen-bond acceptors (Lipinski definition) is 12. The van der Waals surface area contributed by atoms with Gasteiger partial charge in [-0.3, -0.25) is 14.0 Å². The molecule has 2 fully saturated rings. The molecular weight excluding hydrogens is 754 g/mol. The van der Waals surface area contributed by atoms with Crippen LogP contribution in [-0.4, -0.2) is 69.2 Å². The van der Waals surface area contributed by atoms with E-state index in [1.165, 1.54) is 76.6 Å². The molecule has 0 aliphatic carbocycles. The molecule has 57 heavy (non-hydrogen) atoms. The molecule has 2 aliphatic heterocycles. The van der Waals surface area contributed by atoms with E-state index >= 15 is 0 Å². The smallest absolute Gasteiger partial charge is 0.382 e. The first-order valence-electron chi connectivity index (χ1n) is 20.4. The van der Waals surface area contributed by atoms with Gasteiger partial charge in [0.15, 0.2) is 11.6 Å². The highest BCUT2D eigenvalue weighted by molar-refractivity contribution is 7.47. The van der Waals surface area contributed by atoms with E-state index in [2.05, 4.69) is 28.7 Å². The van der Waals surface area contributed by atoms with Gasteiger partial charge in [-0.2, -0.15) is 10.4 Å². The Morgan fingerprint density at radius 3 is 2.33 bits per heavy atom. The zero-order chi connectivity index (χ0) is 40.9. The van der Waals surface area contributed by atoms with Gasteiger partial charge in [0.1, 0.15) is 42.6 Å². The molecule has 16 heteroatoms. The minimum Gasteiger partial charge on any atom is -0.382 e. The summed E-state index contributed by atoms with van der Waals surface area (Å²) in [6, 6.07) is 9.47. The van der Waals surface area contributed by atoms with Crippen molar-refractivity contribution in [3.8, 4) is 6.07 Å². The Morgan fingerprint density at radius 1 is 1.02 bits per heavy atom. The molecule has 6 atom stereocenters. The van der Waals surface area contributed by atoms with Crippen molar-refractivity contribution in [2.24, 2.45) is 4.99 Å². The summed E-state index contributed by atoms with van der Waals surface area (Å²) in [7, 11) is -4.73. The Labute approximate surface area is 335 Å². The second kappa shape index (κ2) is 21.1. The number of nitriles is 1. The summed E-state index contributed by atoms with van der Waals surface area (Å²) < 4.78 is 65.2. The highest BCUT2D eigenvalue weighted by Gasteiger charge is 2.64. The third-order valence-corrected chi connectivity index (χ3v) is 11.5. The molecule has 314 valence electrons. The second-order valence-electron chi connectivity index (χ2n) is 15.6. The molecule has 2 aromatic heterocycles. The number of aromatic nitrogens is 3. The zero-order valence-corrected chi connectivity index (χ0v) is 34.5. The van der Waals surface area contributed by atoms with Crippen LogP contribution in [0.1, 0.15) is 140 Å². The Bertz CT molecular complexity index is 1840. The summed E-state index contributed by atoms with van der Waals surface area (Å²) in [6.45, 7) is 8.62. The Balaban J connectivity index is 1.15. The van der Waals surface area contributed by atoms with Crippen LogP contribution in [0.2, 0.25) is 0 Å². The van der Waals surface area contributed by atoms with Crippen LogP contribution < -0.4 is 5.73 Å². The number of anilines is 1. The molecule has 4 heterocycles. The Morgan fingerprint density at radius 2 is 1.68 bits per heavy atom. The number of ether oxygens (including phenoxy) is 4. The molecule has 14 nitrogen and oxygen atoms in total. The molecule has 0 amide bonds. The van der Waals surface area contributed by atoms with Gasteiger partial charge in [-0.05, 0) is 62.9 Å². The predicted molar refractivity (Wildman–Crippen MR) is 214 cm³/mol. The number of unbranched alkanes of at least 4 members (excludes halogenated alkanes) is 13. The van der Waals surface area contributed by atoms with Crippen molar-refractivity contribution < 1.29 is 41.8 Å².